The second-order valence-electron chi connectivity index (χ2n) is 5.04. The summed E-state index contributed by atoms with van der Waals surface area (Å²) >= 11 is 0. The molecule has 0 aliphatic carbocycles. The predicted molar refractivity (Wildman–Crippen MR) is 70.3 cm³/mol. The zero-order chi connectivity index (χ0) is 14.6. The Kier molecular flexibility index (Phi) is 4.47. The van der Waals surface area contributed by atoms with Gasteiger partial charge in [-0.15, -0.1) is 0 Å². The van der Waals surface area contributed by atoms with Gasteiger partial charge in [-0.3, -0.25) is 4.79 Å². The largest absolute Gasteiger partial charge is 0.480 e. The Morgan fingerprint density at radius 2 is 2.05 bits per heavy atom. The minimum Gasteiger partial charge on any atom is -0.480 e. The fourth-order valence-electron chi connectivity index (χ4n) is 1.65. The molecule has 0 aliphatic rings. The van der Waals surface area contributed by atoms with Crippen LogP contribution in [0.4, 0.5) is 5.69 Å². The van der Waals surface area contributed by atoms with Crippen LogP contribution in [0.15, 0.2) is 18.3 Å². The van der Waals surface area contributed by atoms with Crippen molar-refractivity contribution in [1.29, 1.82) is 0 Å². The number of rotatable bonds is 4. The fraction of sp³-hybridized carbons (Fsp3) is 0.462. The maximum absolute atomic E-state index is 11.4. The zero-order valence-electron chi connectivity index (χ0n) is 11.5. The molecule has 1 aromatic heterocycles. The third-order valence-corrected chi connectivity index (χ3v) is 2.55. The van der Waals surface area contributed by atoms with Gasteiger partial charge >= 0.3 is 11.9 Å². The molecule has 1 N–H and O–H groups in total. The van der Waals surface area contributed by atoms with Crippen LogP contribution in [0, 0.1) is 0 Å². The Balaban J connectivity index is 3.16. The van der Waals surface area contributed by atoms with Gasteiger partial charge in [0.15, 0.2) is 0 Å². The van der Waals surface area contributed by atoms with Crippen molar-refractivity contribution >= 4 is 17.6 Å². The fourth-order valence-corrected chi connectivity index (χ4v) is 1.65. The summed E-state index contributed by atoms with van der Waals surface area (Å²) in [6.07, 6.45) is 1.46. The summed E-state index contributed by atoms with van der Waals surface area (Å²) in [4.78, 5) is 28.0. The predicted octanol–water partition coefficient (Wildman–Crippen LogP) is 1.56. The van der Waals surface area contributed by atoms with E-state index < -0.39 is 17.5 Å². The van der Waals surface area contributed by atoms with Gasteiger partial charge in [0.25, 0.3) is 0 Å². The van der Waals surface area contributed by atoms with Crippen LogP contribution in [0.25, 0.3) is 0 Å². The lowest BCUT2D eigenvalue weighted by Gasteiger charge is -2.36. The van der Waals surface area contributed by atoms with Gasteiger partial charge in [-0.25, -0.2) is 9.78 Å². The van der Waals surface area contributed by atoms with E-state index in [9.17, 15) is 9.59 Å². The number of carbonyl (C=O) groups is 2. The molecule has 19 heavy (non-hydrogen) atoms. The summed E-state index contributed by atoms with van der Waals surface area (Å²) < 4.78 is 4.60. The lowest BCUT2D eigenvalue weighted by Crippen LogP contribution is -2.44. The maximum atomic E-state index is 11.4. The van der Waals surface area contributed by atoms with Gasteiger partial charge in [0.05, 0.1) is 7.11 Å². The first kappa shape index (κ1) is 14.9. The van der Waals surface area contributed by atoms with E-state index in [0.29, 0.717) is 5.69 Å². The molecule has 104 valence electrons. The Hall–Kier alpha value is -2.11. The van der Waals surface area contributed by atoms with E-state index >= 15 is 0 Å². The number of nitrogens with zero attached hydrogens (tertiary/aromatic N) is 2. The van der Waals surface area contributed by atoms with Gasteiger partial charge in [0.1, 0.15) is 12.2 Å². The van der Waals surface area contributed by atoms with E-state index in [1.54, 1.807) is 11.0 Å². The molecule has 0 saturated heterocycles. The van der Waals surface area contributed by atoms with E-state index in [2.05, 4.69) is 9.72 Å². The summed E-state index contributed by atoms with van der Waals surface area (Å²) in [5.74, 6) is -1.49. The first-order valence-corrected chi connectivity index (χ1v) is 5.79. The van der Waals surface area contributed by atoms with Crippen molar-refractivity contribution in [2.24, 2.45) is 0 Å². The molecule has 0 aromatic carbocycles. The molecule has 0 bridgehead atoms. The monoisotopic (exact) mass is 266 g/mol. The van der Waals surface area contributed by atoms with Gasteiger partial charge in [-0.2, -0.15) is 0 Å². The van der Waals surface area contributed by atoms with Crippen LogP contribution in [0.2, 0.25) is 0 Å². The van der Waals surface area contributed by atoms with Crippen molar-refractivity contribution in [3.8, 4) is 0 Å². The van der Waals surface area contributed by atoms with Crippen molar-refractivity contribution in [3.05, 3.63) is 24.0 Å². The summed E-state index contributed by atoms with van der Waals surface area (Å²) in [7, 11) is 1.27. The van der Waals surface area contributed by atoms with Crippen molar-refractivity contribution in [1.82, 2.24) is 4.98 Å². The van der Waals surface area contributed by atoms with E-state index in [1.807, 2.05) is 20.8 Å². The SMILES string of the molecule is COC(=O)c1cc(N(CC(=O)O)C(C)(C)C)ccn1. The second kappa shape index (κ2) is 5.69. The quantitative estimate of drug-likeness (QED) is 0.833. The highest BCUT2D eigenvalue weighted by molar-refractivity contribution is 5.88. The molecule has 0 spiro atoms. The van der Waals surface area contributed by atoms with Crippen molar-refractivity contribution in [3.63, 3.8) is 0 Å². The number of ether oxygens (including phenoxy) is 1. The molecular formula is C13H18N2O4. The molecule has 1 rings (SSSR count). The van der Waals surface area contributed by atoms with Gasteiger partial charge in [0.2, 0.25) is 0 Å². The zero-order valence-corrected chi connectivity index (χ0v) is 11.5. The van der Waals surface area contributed by atoms with Crippen LogP contribution in [0.1, 0.15) is 31.3 Å². The number of hydrogen-bond acceptors (Lipinski definition) is 5. The van der Waals surface area contributed by atoms with Crippen molar-refractivity contribution < 1.29 is 19.4 Å². The molecular weight excluding hydrogens is 248 g/mol. The average molecular weight is 266 g/mol. The minimum atomic E-state index is -0.939. The summed E-state index contributed by atoms with van der Waals surface area (Å²) in [5.41, 5.74) is 0.373. The van der Waals surface area contributed by atoms with E-state index in [4.69, 9.17) is 5.11 Å². The van der Waals surface area contributed by atoms with Crippen molar-refractivity contribution in [2.75, 3.05) is 18.6 Å². The number of hydrogen-bond donors (Lipinski definition) is 1. The summed E-state index contributed by atoms with van der Waals surface area (Å²) in [6.45, 7) is 5.53. The Morgan fingerprint density at radius 3 is 2.53 bits per heavy atom. The molecule has 0 aliphatic heterocycles. The maximum Gasteiger partial charge on any atom is 0.356 e. The third-order valence-electron chi connectivity index (χ3n) is 2.55. The van der Waals surface area contributed by atoms with Crippen LogP contribution in [-0.2, 0) is 9.53 Å². The number of methoxy groups -OCH3 is 1. The average Bonchev–Trinajstić information content (AvgIpc) is 2.33. The second-order valence-corrected chi connectivity index (χ2v) is 5.04. The van der Waals surface area contributed by atoms with Crippen LogP contribution in [-0.4, -0.2) is 41.2 Å². The molecule has 6 nitrogen and oxygen atoms in total. The number of anilines is 1. The lowest BCUT2D eigenvalue weighted by atomic mass is 10.0. The van der Waals surface area contributed by atoms with Crippen LogP contribution < -0.4 is 4.90 Å². The van der Waals surface area contributed by atoms with Crippen LogP contribution in [0.3, 0.4) is 0 Å². The first-order chi connectivity index (χ1) is 8.75. The Labute approximate surface area is 112 Å². The van der Waals surface area contributed by atoms with Gasteiger partial charge in [-0.1, -0.05) is 0 Å². The number of aliphatic carboxylic acids is 1. The van der Waals surface area contributed by atoms with Gasteiger partial charge in [-0.05, 0) is 32.9 Å². The first-order valence-electron chi connectivity index (χ1n) is 5.79. The molecule has 1 aromatic rings. The van der Waals surface area contributed by atoms with E-state index in [-0.39, 0.29) is 12.2 Å². The molecule has 0 fully saturated rings. The number of pyridine rings is 1. The normalized spacial score (nSPS) is 10.9. The van der Waals surface area contributed by atoms with E-state index in [0.717, 1.165) is 0 Å². The van der Waals surface area contributed by atoms with E-state index in [1.165, 1.54) is 19.4 Å². The highest BCUT2D eigenvalue weighted by Crippen LogP contribution is 2.23. The lowest BCUT2D eigenvalue weighted by molar-refractivity contribution is -0.135. The third kappa shape index (κ3) is 3.94. The number of carboxylic acid groups (broad SMARTS) is 1. The molecule has 6 heteroatoms. The van der Waals surface area contributed by atoms with Crippen LogP contribution >= 0.6 is 0 Å². The molecule has 1 heterocycles. The Morgan fingerprint density at radius 1 is 1.42 bits per heavy atom. The molecule has 0 amide bonds. The van der Waals surface area contributed by atoms with Crippen LogP contribution in [0.5, 0.6) is 0 Å². The molecule has 0 saturated carbocycles. The number of esters is 1. The molecule has 0 unspecified atom stereocenters. The summed E-state index contributed by atoms with van der Waals surface area (Å²) in [6, 6.07) is 3.20. The highest BCUT2D eigenvalue weighted by Gasteiger charge is 2.24. The van der Waals surface area contributed by atoms with Gasteiger partial charge in [0, 0.05) is 17.4 Å². The minimum absolute atomic E-state index is 0.152. The highest BCUT2D eigenvalue weighted by atomic mass is 16.5. The van der Waals surface area contributed by atoms with Gasteiger partial charge < -0.3 is 14.7 Å². The number of aromatic nitrogens is 1. The van der Waals surface area contributed by atoms with Crippen molar-refractivity contribution in [2.45, 2.75) is 26.3 Å². The smallest absolute Gasteiger partial charge is 0.356 e. The number of carbonyl (C=O) groups excluding carboxylic acids is 1. The molecule has 0 radical (unpaired) electrons. The topological polar surface area (TPSA) is 79.7 Å². The summed E-state index contributed by atoms with van der Waals surface area (Å²) in [5, 5.41) is 8.98. The molecule has 0 atom stereocenters. The Bertz CT molecular complexity index is 480. The number of carboxylic acids is 1. The standard InChI is InChI=1S/C13H18N2O4/c1-13(2,3)15(8-11(16)17)9-5-6-14-10(7-9)12(18)19-4/h5-7H,8H2,1-4H3,(H,16,17).